The maximum Gasteiger partial charge on any atom is 0.267 e. The van der Waals surface area contributed by atoms with Crippen molar-refractivity contribution in [2.45, 2.75) is 39.5 Å². The van der Waals surface area contributed by atoms with Crippen LogP contribution in [0.15, 0.2) is 45.8 Å². The second-order valence-corrected chi connectivity index (χ2v) is 8.35. The third-order valence-electron chi connectivity index (χ3n) is 4.32. The van der Waals surface area contributed by atoms with Crippen LogP contribution in [0.4, 0.5) is 17.1 Å². The number of hydrogen-bond acceptors (Lipinski definition) is 5. The fraction of sp³-hybridized carbons (Fsp3) is 0.250. The van der Waals surface area contributed by atoms with E-state index in [9.17, 15) is 8.42 Å². The fourth-order valence-electron chi connectivity index (χ4n) is 3.21. The minimum atomic E-state index is -3.75. The number of nitrogens with zero attached hydrogens (tertiary/aromatic N) is 1. The number of anilines is 3. The van der Waals surface area contributed by atoms with E-state index < -0.39 is 10.0 Å². The average Bonchev–Trinajstić information content (AvgIpc) is 2.91. The number of sulfonamides is 1. The van der Waals surface area contributed by atoms with Crippen molar-refractivity contribution < 1.29 is 12.9 Å². The molecule has 2 aromatic carbocycles. The molecule has 0 aliphatic heterocycles. The summed E-state index contributed by atoms with van der Waals surface area (Å²) in [4.78, 5) is 0.0793. The van der Waals surface area contributed by atoms with E-state index in [0.717, 1.165) is 22.5 Å². The first-order valence-electron chi connectivity index (χ1n) is 8.58. The number of hydrogen-bond donors (Lipinski definition) is 2. The first kappa shape index (κ1) is 19.0. The van der Waals surface area contributed by atoms with Crippen LogP contribution in [-0.2, 0) is 10.0 Å². The Balaban J connectivity index is 1.80. The standard InChI is InChI=1S/C20H23N3O3S/c1-12-10-13(2)19(14(3)11-12)21-17-6-8-18(9-7-17)23-27(24,25)20-15(4)22-26-16(20)5/h6-11,21,23H,1-5H3. The number of benzene rings is 2. The van der Waals surface area contributed by atoms with Crippen LogP contribution in [0.2, 0.25) is 0 Å². The smallest absolute Gasteiger partial charge is 0.267 e. The summed E-state index contributed by atoms with van der Waals surface area (Å²) < 4.78 is 32.7. The predicted octanol–water partition coefficient (Wildman–Crippen LogP) is 4.76. The van der Waals surface area contributed by atoms with Gasteiger partial charge in [0.2, 0.25) is 0 Å². The first-order valence-corrected chi connectivity index (χ1v) is 10.1. The molecule has 0 unspecified atom stereocenters. The van der Waals surface area contributed by atoms with E-state index in [0.29, 0.717) is 11.4 Å². The van der Waals surface area contributed by atoms with Gasteiger partial charge in [-0.1, -0.05) is 22.9 Å². The number of rotatable bonds is 5. The first-order chi connectivity index (χ1) is 12.7. The van der Waals surface area contributed by atoms with E-state index in [4.69, 9.17) is 4.52 Å². The SMILES string of the molecule is Cc1cc(C)c(Nc2ccc(NS(=O)(=O)c3c(C)noc3C)cc2)c(C)c1. The molecule has 0 aliphatic carbocycles. The van der Waals surface area contributed by atoms with Gasteiger partial charge >= 0.3 is 0 Å². The molecule has 6 nitrogen and oxygen atoms in total. The van der Waals surface area contributed by atoms with Gasteiger partial charge in [0, 0.05) is 17.1 Å². The van der Waals surface area contributed by atoms with Gasteiger partial charge in [-0.3, -0.25) is 4.72 Å². The maximum atomic E-state index is 12.6. The monoisotopic (exact) mass is 385 g/mol. The summed E-state index contributed by atoms with van der Waals surface area (Å²) in [6, 6.07) is 11.4. The molecule has 27 heavy (non-hydrogen) atoms. The summed E-state index contributed by atoms with van der Waals surface area (Å²) in [5.41, 5.74) is 6.29. The molecule has 0 atom stereocenters. The second kappa shape index (κ2) is 7.08. The summed E-state index contributed by atoms with van der Waals surface area (Å²) in [5.74, 6) is 0.267. The third kappa shape index (κ3) is 3.98. The zero-order chi connectivity index (χ0) is 19.8. The van der Waals surface area contributed by atoms with E-state index in [1.807, 2.05) is 12.1 Å². The lowest BCUT2D eigenvalue weighted by Crippen LogP contribution is -2.14. The summed E-state index contributed by atoms with van der Waals surface area (Å²) in [7, 11) is -3.75. The zero-order valence-electron chi connectivity index (χ0n) is 16.0. The Morgan fingerprint density at radius 3 is 1.96 bits per heavy atom. The molecule has 2 N–H and O–H groups in total. The lowest BCUT2D eigenvalue weighted by molar-refractivity contribution is 0.390. The molecule has 3 rings (SSSR count). The molecular weight excluding hydrogens is 362 g/mol. The molecule has 3 aromatic rings. The number of aromatic nitrogens is 1. The van der Waals surface area contributed by atoms with Gasteiger partial charge in [-0.15, -0.1) is 0 Å². The van der Waals surface area contributed by atoms with Gasteiger partial charge in [-0.05, 0) is 70.0 Å². The van der Waals surface area contributed by atoms with Crippen molar-refractivity contribution in [1.82, 2.24) is 5.16 Å². The van der Waals surface area contributed by atoms with E-state index in [1.165, 1.54) is 5.56 Å². The highest BCUT2D eigenvalue weighted by Crippen LogP contribution is 2.27. The lowest BCUT2D eigenvalue weighted by Gasteiger charge is -2.14. The van der Waals surface area contributed by atoms with Gasteiger partial charge in [0.15, 0.2) is 10.7 Å². The van der Waals surface area contributed by atoms with Crippen LogP contribution in [0.1, 0.15) is 28.1 Å². The normalized spacial score (nSPS) is 11.4. The molecule has 1 aromatic heterocycles. The Hall–Kier alpha value is -2.80. The van der Waals surface area contributed by atoms with Gasteiger partial charge in [-0.2, -0.15) is 0 Å². The number of nitrogens with one attached hydrogen (secondary N) is 2. The Labute approximate surface area is 159 Å². The topological polar surface area (TPSA) is 84.2 Å². The van der Waals surface area contributed by atoms with E-state index in [1.54, 1.807) is 26.0 Å². The minimum Gasteiger partial charge on any atom is -0.360 e. The lowest BCUT2D eigenvalue weighted by atomic mass is 10.0. The van der Waals surface area contributed by atoms with Gasteiger partial charge in [0.1, 0.15) is 5.69 Å². The van der Waals surface area contributed by atoms with Crippen LogP contribution in [0.3, 0.4) is 0 Å². The van der Waals surface area contributed by atoms with Crippen molar-refractivity contribution in [1.29, 1.82) is 0 Å². The van der Waals surface area contributed by atoms with Crippen LogP contribution in [0, 0.1) is 34.6 Å². The highest BCUT2D eigenvalue weighted by molar-refractivity contribution is 7.92. The van der Waals surface area contributed by atoms with Gasteiger partial charge < -0.3 is 9.84 Å². The Morgan fingerprint density at radius 1 is 0.889 bits per heavy atom. The molecule has 7 heteroatoms. The number of aryl methyl sites for hydroxylation is 5. The Bertz CT molecular complexity index is 1040. The quantitative estimate of drug-likeness (QED) is 0.661. The third-order valence-corrected chi connectivity index (χ3v) is 5.94. The van der Waals surface area contributed by atoms with E-state index >= 15 is 0 Å². The molecule has 0 amide bonds. The minimum absolute atomic E-state index is 0.0793. The van der Waals surface area contributed by atoms with Crippen molar-refractivity contribution in [3.63, 3.8) is 0 Å². The summed E-state index contributed by atoms with van der Waals surface area (Å²) in [5, 5.41) is 7.10. The van der Waals surface area contributed by atoms with E-state index in [2.05, 4.69) is 48.1 Å². The molecule has 0 fully saturated rings. The van der Waals surface area contributed by atoms with Crippen LogP contribution in [-0.4, -0.2) is 13.6 Å². The fourth-order valence-corrected chi connectivity index (χ4v) is 4.60. The molecule has 1 heterocycles. The average molecular weight is 385 g/mol. The predicted molar refractivity (Wildman–Crippen MR) is 107 cm³/mol. The Kier molecular flexibility index (Phi) is 4.97. The second-order valence-electron chi connectivity index (χ2n) is 6.73. The zero-order valence-corrected chi connectivity index (χ0v) is 16.9. The van der Waals surface area contributed by atoms with Gasteiger partial charge in [0.05, 0.1) is 0 Å². The van der Waals surface area contributed by atoms with Crippen LogP contribution in [0.25, 0.3) is 0 Å². The largest absolute Gasteiger partial charge is 0.360 e. The van der Waals surface area contributed by atoms with E-state index in [-0.39, 0.29) is 10.7 Å². The molecule has 142 valence electrons. The van der Waals surface area contributed by atoms with Crippen molar-refractivity contribution >= 4 is 27.1 Å². The van der Waals surface area contributed by atoms with Crippen molar-refractivity contribution in [3.8, 4) is 0 Å². The molecular formula is C20H23N3O3S. The highest BCUT2D eigenvalue weighted by atomic mass is 32.2. The molecule has 0 bridgehead atoms. The maximum absolute atomic E-state index is 12.6. The van der Waals surface area contributed by atoms with Gasteiger partial charge in [-0.25, -0.2) is 8.42 Å². The summed E-state index contributed by atoms with van der Waals surface area (Å²) in [6.07, 6.45) is 0. The molecule has 0 spiro atoms. The van der Waals surface area contributed by atoms with Gasteiger partial charge in [0.25, 0.3) is 10.0 Å². The van der Waals surface area contributed by atoms with Crippen molar-refractivity contribution in [3.05, 3.63) is 64.5 Å². The highest BCUT2D eigenvalue weighted by Gasteiger charge is 2.24. The molecule has 0 aliphatic rings. The summed E-state index contributed by atoms with van der Waals surface area (Å²) in [6.45, 7) is 9.38. The Morgan fingerprint density at radius 2 is 1.44 bits per heavy atom. The van der Waals surface area contributed by atoms with Crippen LogP contribution >= 0.6 is 0 Å². The molecule has 0 saturated heterocycles. The van der Waals surface area contributed by atoms with Crippen molar-refractivity contribution in [2.75, 3.05) is 10.0 Å². The molecule has 0 saturated carbocycles. The summed E-state index contributed by atoms with van der Waals surface area (Å²) >= 11 is 0. The van der Waals surface area contributed by atoms with Crippen molar-refractivity contribution in [2.24, 2.45) is 0 Å². The van der Waals surface area contributed by atoms with Crippen LogP contribution < -0.4 is 10.0 Å². The molecule has 0 radical (unpaired) electrons. The van der Waals surface area contributed by atoms with Crippen LogP contribution in [0.5, 0.6) is 0 Å².